The molecule has 3 aromatic carbocycles. The van der Waals surface area contributed by atoms with Crippen LogP contribution in [0.5, 0.6) is 0 Å². The van der Waals surface area contributed by atoms with Gasteiger partial charge in [-0.25, -0.2) is 9.37 Å². The molecular weight excluding hydrogens is 353 g/mol. The maximum absolute atomic E-state index is 15.1. The molecule has 1 aromatic heterocycles. The summed E-state index contributed by atoms with van der Waals surface area (Å²) in [5.74, 6) is 1.50. The molecule has 2 heterocycles. The number of hydrogen-bond donors (Lipinski definition) is 1. The summed E-state index contributed by atoms with van der Waals surface area (Å²) in [5.41, 5.74) is 4.05. The van der Waals surface area contributed by atoms with Crippen molar-refractivity contribution in [1.82, 2.24) is 9.97 Å². The Bertz CT molecular complexity index is 1280. The summed E-state index contributed by atoms with van der Waals surface area (Å²) in [6.45, 7) is 0. The summed E-state index contributed by atoms with van der Waals surface area (Å²) in [6, 6.07) is 17.3. The summed E-state index contributed by atoms with van der Waals surface area (Å²) < 4.78 is 15.1. The number of terminal acetylenes is 1. The molecule has 28 heavy (non-hydrogen) atoms. The number of rotatable bonds is 2. The summed E-state index contributed by atoms with van der Waals surface area (Å²) in [7, 11) is 0. The molecule has 0 aliphatic carbocycles. The Hall–Kier alpha value is -3.91. The largest absolute Gasteiger partial charge is 0.335 e. The van der Waals surface area contributed by atoms with Crippen molar-refractivity contribution in [2.24, 2.45) is 0 Å². The second-order valence-electron chi connectivity index (χ2n) is 6.57. The van der Waals surface area contributed by atoms with Gasteiger partial charge < -0.3 is 4.98 Å². The van der Waals surface area contributed by atoms with Crippen molar-refractivity contribution in [1.29, 1.82) is 0 Å². The van der Waals surface area contributed by atoms with Crippen LogP contribution in [0.4, 0.5) is 10.1 Å². The van der Waals surface area contributed by atoms with Crippen LogP contribution in [0, 0.1) is 24.5 Å². The van der Waals surface area contributed by atoms with E-state index in [4.69, 9.17) is 6.42 Å². The second kappa shape index (κ2) is 6.07. The Balaban J connectivity index is 1.75. The molecule has 4 aromatic rings. The van der Waals surface area contributed by atoms with Crippen molar-refractivity contribution in [3.05, 3.63) is 95.1 Å². The van der Waals surface area contributed by atoms with Gasteiger partial charge in [0.2, 0.25) is 0 Å². The van der Waals surface area contributed by atoms with Gasteiger partial charge in [0.05, 0.1) is 28.3 Å². The quantitative estimate of drug-likeness (QED) is 0.540. The van der Waals surface area contributed by atoms with Gasteiger partial charge in [-0.2, -0.15) is 0 Å². The molecule has 5 rings (SSSR count). The number of aromatic amines is 1. The number of nitrogens with one attached hydrogen (secondary N) is 1. The van der Waals surface area contributed by atoms with Gasteiger partial charge in [0.1, 0.15) is 0 Å². The normalized spacial score (nSPS) is 15.6. The lowest BCUT2D eigenvalue weighted by molar-refractivity contribution is 0.0992. The monoisotopic (exact) mass is 366 g/mol. The fraction of sp³-hybridized carbons (Fsp3) is 0.0435. The Labute approximate surface area is 160 Å². The third kappa shape index (κ3) is 2.25. The van der Waals surface area contributed by atoms with Gasteiger partial charge in [-0.3, -0.25) is 9.69 Å². The van der Waals surface area contributed by atoms with E-state index in [-0.39, 0.29) is 17.2 Å². The smallest absolute Gasteiger partial charge is 0.259 e. The SMILES string of the molecule is C#Cc1cccc(N2C(=O)c3ccccc3C2c2ccc3[nH][c]nc3c2)c1F. The average Bonchev–Trinajstić information content (AvgIpc) is 3.30. The topological polar surface area (TPSA) is 49.0 Å². The van der Waals surface area contributed by atoms with E-state index in [1.807, 2.05) is 30.3 Å². The Morgan fingerprint density at radius 3 is 2.86 bits per heavy atom. The number of amides is 1. The van der Waals surface area contributed by atoms with Crippen LogP contribution in [-0.4, -0.2) is 15.9 Å². The molecule has 0 saturated carbocycles. The zero-order chi connectivity index (χ0) is 19.3. The van der Waals surface area contributed by atoms with Crippen LogP contribution in [0.3, 0.4) is 0 Å². The van der Waals surface area contributed by atoms with Crippen LogP contribution < -0.4 is 4.90 Å². The van der Waals surface area contributed by atoms with Crippen molar-refractivity contribution in [2.45, 2.75) is 6.04 Å². The maximum Gasteiger partial charge on any atom is 0.259 e. The van der Waals surface area contributed by atoms with E-state index < -0.39 is 11.9 Å². The van der Waals surface area contributed by atoms with Crippen LogP contribution >= 0.6 is 0 Å². The molecular formula is C23H13FN3O. The lowest BCUT2D eigenvalue weighted by Gasteiger charge is -2.26. The van der Waals surface area contributed by atoms with Crippen molar-refractivity contribution in [3.8, 4) is 12.3 Å². The number of H-pyrrole nitrogens is 1. The molecule has 1 radical (unpaired) electrons. The van der Waals surface area contributed by atoms with Gasteiger partial charge in [-0.1, -0.05) is 36.3 Å². The van der Waals surface area contributed by atoms with E-state index in [2.05, 4.69) is 22.2 Å². The number of fused-ring (bicyclic) bond motifs is 2. The summed E-state index contributed by atoms with van der Waals surface area (Å²) in [6.07, 6.45) is 8.14. The zero-order valence-corrected chi connectivity index (χ0v) is 14.6. The van der Waals surface area contributed by atoms with Gasteiger partial charge >= 0.3 is 0 Å². The van der Waals surface area contributed by atoms with E-state index in [1.165, 1.54) is 11.0 Å². The maximum atomic E-state index is 15.1. The zero-order valence-electron chi connectivity index (χ0n) is 14.6. The fourth-order valence-corrected chi connectivity index (χ4v) is 3.78. The third-order valence-corrected chi connectivity index (χ3v) is 5.06. The number of anilines is 1. The third-order valence-electron chi connectivity index (χ3n) is 5.06. The fourth-order valence-electron chi connectivity index (χ4n) is 3.78. The molecule has 133 valence electrons. The predicted octanol–water partition coefficient (Wildman–Crippen LogP) is 4.23. The first-order valence-electron chi connectivity index (χ1n) is 8.72. The van der Waals surface area contributed by atoms with Crippen LogP contribution in [0.2, 0.25) is 0 Å². The van der Waals surface area contributed by atoms with E-state index >= 15 is 4.39 Å². The Morgan fingerprint density at radius 2 is 2.00 bits per heavy atom. The standard InChI is InChI=1S/C23H13FN3O/c1-2-14-6-5-9-20(21(14)24)27-22(16-7-3-4-8-17(16)23(27)28)15-10-11-18-19(12-15)26-13-25-18/h1,3-12,22H,(H,25,26). The van der Waals surface area contributed by atoms with Gasteiger partial charge in [-0.15, -0.1) is 6.42 Å². The highest BCUT2D eigenvalue weighted by Crippen LogP contribution is 2.43. The van der Waals surface area contributed by atoms with E-state index in [1.54, 1.807) is 24.3 Å². The highest BCUT2D eigenvalue weighted by Gasteiger charge is 2.40. The van der Waals surface area contributed by atoms with Gasteiger partial charge in [0.15, 0.2) is 12.1 Å². The van der Waals surface area contributed by atoms with E-state index in [0.29, 0.717) is 5.56 Å². The molecule has 0 saturated heterocycles. The van der Waals surface area contributed by atoms with Crippen LogP contribution in [0.1, 0.15) is 33.1 Å². The molecule has 0 spiro atoms. The summed E-state index contributed by atoms with van der Waals surface area (Å²) in [5, 5.41) is 0. The molecule has 1 amide bonds. The van der Waals surface area contributed by atoms with Crippen molar-refractivity contribution >= 4 is 22.6 Å². The van der Waals surface area contributed by atoms with E-state index in [9.17, 15) is 4.79 Å². The number of halogens is 1. The molecule has 4 nitrogen and oxygen atoms in total. The van der Waals surface area contributed by atoms with Gasteiger partial charge in [0, 0.05) is 5.56 Å². The van der Waals surface area contributed by atoms with Crippen LogP contribution in [-0.2, 0) is 0 Å². The van der Waals surface area contributed by atoms with Gasteiger partial charge in [0.25, 0.3) is 5.91 Å². The number of benzene rings is 3. The minimum atomic E-state index is -0.578. The first-order valence-corrected chi connectivity index (χ1v) is 8.72. The Morgan fingerprint density at radius 1 is 1.14 bits per heavy atom. The van der Waals surface area contributed by atoms with Crippen molar-refractivity contribution in [3.63, 3.8) is 0 Å². The minimum Gasteiger partial charge on any atom is -0.335 e. The molecule has 1 unspecified atom stereocenters. The second-order valence-corrected chi connectivity index (χ2v) is 6.57. The predicted molar refractivity (Wildman–Crippen MR) is 104 cm³/mol. The molecule has 0 bridgehead atoms. The van der Waals surface area contributed by atoms with Crippen LogP contribution in [0.25, 0.3) is 11.0 Å². The molecule has 1 N–H and O–H groups in total. The van der Waals surface area contributed by atoms with Crippen LogP contribution in [0.15, 0.2) is 60.7 Å². The van der Waals surface area contributed by atoms with Crippen molar-refractivity contribution in [2.75, 3.05) is 4.90 Å². The number of carbonyl (C=O) groups excluding carboxylic acids is 1. The molecule has 5 heteroatoms. The number of nitrogens with zero attached hydrogens (tertiary/aromatic N) is 2. The number of carbonyl (C=O) groups is 1. The van der Waals surface area contributed by atoms with E-state index in [0.717, 1.165) is 22.2 Å². The van der Waals surface area contributed by atoms with Gasteiger partial charge in [-0.05, 0) is 41.5 Å². The molecule has 1 atom stereocenters. The highest BCUT2D eigenvalue weighted by molar-refractivity contribution is 6.12. The minimum absolute atomic E-state index is 0.123. The summed E-state index contributed by atoms with van der Waals surface area (Å²) >= 11 is 0. The number of hydrogen-bond acceptors (Lipinski definition) is 2. The first kappa shape index (κ1) is 16.3. The summed E-state index contributed by atoms with van der Waals surface area (Å²) in [4.78, 5) is 21.8. The molecule has 1 aliphatic heterocycles. The first-order chi connectivity index (χ1) is 13.7. The van der Waals surface area contributed by atoms with Crippen molar-refractivity contribution < 1.29 is 9.18 Å². The molecule has 0 fully saturated rings. The lowest BCUT2D eigenvalue weighted by Crippen LogP contribution is -2.29. The number of aromatic nitrogens is 2. The Kier molecular flexibility index (Phi) is 3.53. The average molecular weight is 366 g/mol. The highest BCUT2D eigenvalue weighted by atomic mass is 19.1. The molecule has 1 aliphatic rings. The number of imidazole rings is 1. The lowest BCUT2D eigenvalue weighted by atomic mass is 9.97.